The standard InChI is InChI=1S/C20H21N3O4/c1-13-4-7-15(8-5-13)20-22-18(23-27-20)19(24)21-11-10-14-6-9-16(25-2)17(12-14)26-3/h4-9,12H,10-11H2,1-3H3,(H,21,24). The van der Waals surface area contributed by atoms with Gasteiger partial charge in [0.1, 0.15) is 0 Å². The van der Waals surface area contributed by atoms with Crippen LogP contribution in [0, 0.1) is 6.92 Å². The van der Waals surface area contributed by atoms with Crippen molar-refractivity contribution in [3.05, 3.63) is 59.4 Å². The summed E-state index contributed by atoms with van der Waals surface area (Å²) >= 11 is 0. The van der Waals surface area contributed by atoms with Crippen molar-refractivity contribution in [3.63, 3.8) is 0 Å². The number of carbonyl (C=O) groups excluding carboxylic acids is 1. The Bertz CT molecular complexity index is 919. The highest BCUT2D eigenvalue weighted by atomic mass is 16.5. The average molecular weight is 367 g/mol. The Morgan fingerprint density at radius 2 is 1.81 bits per heavy atom. The fourth-order valence-corrected chi connectivity index (χ4v) is 2.56. The lowest BCUT2D eigenvalue weighted by Gasteiger charge is -2.09. The van der Waals surface area contributed by atoms with Crippen LogP contribution in [-0.4, -0.2) is 36.8 Å². The van der Waals surface area contributed by atoms with E-state index in [1.165, 1.54) is 0 Å². The second-order valence-electron chi connectivity index (χ2n) is 5.98. The summed E-state index contributed by atoms with van der Waals surface area (Å²) in [5, 5.41) is 6.55. The molecule has 3 aromatic rings. The van der Waals surface area contributed by atoms with Crippen molar-refractivity contribution >= 4 is 5.91 Å². The molecule has 0 spiro atoms. The zero-order valence-electron chi connectivity index (χ0n) is 15.5. The van der Waals surface area contributed by atoms with Gasteiger partial charge in [0.05, 0.1) is 14.2 Å². The van der Waals surface area contributed by atoms with Crippen molar-refractivity contribution in [2.45, 2.75) is 13.3 Å². The molecule has 0 radical (unpaired) electrons. The van der Waals surface area contributed by atoms with E-state index in [9.17, 15) is 4.79 Å². The van der Waals surface area contributed by atoms with Crippen LogP contribution in [0.25, 0.3) is 11.5 Å². The number of aryl methyl sites for hydroxylation is 1. The minimum absolute atomic E-state index is 0.0119. The number of methoxy groups -OCH3 is 2. The van der Waals surface area contributed by atoms with E-state index < -0.39 is 0 Å². The summed E-state index contributed by atoms with van der Waals surface area (Å²) in [4.78, 5) is 16.4. The molecule has 0 bridgehead atoms. The Hall–Kier alpha value is -3.35. The predicted molar refractivity (Wildman–Crippen MR) is 100 cm³/mol. The van der Waals surface area contributed by atoms with Gasteiger partial charge in [-0.25, -0.2) is 0 Å². The van der Waals surface area contributed by atoms with Crippen molar-refractivity contribution in [3.8, 4) is 23.0 Å². The first-order valence-electron chi connectivity index (χ1n) is 8.50. The number of amides is 1. The Kier molecular flexibility index (Phi) is 5.71. The molecule has 0 unspecified atom stereocenters. The number of ether oxygens (including phenoxy) is 2. The molecule has 7 heteroatoms. The zero-order valence-corrected chi connectivity index (χ0v) is 15.5. The molecule has 1 aromatic heterocycles. The predicted octanol–water partition coefficient (Wildman–Crippen LogP) is 3.03. The number of rotatable bonds is 7. The van der Waals surface area contributed by atoms with Gasteiger partial charge in [0, 0.05) is 12.1 Å². The minimum Gasteiger partial charge on any atom is -0.493 e. The van der Waals surface area contributed by atoms with Gasteiger partial charge in [0.25, 0.3) is 17.6 Å². The molecule has 0 aliphatic heterocycles. The summed E-state index contributed by atoms with van der Waals surface area (Å²) in [5.74, 6) is 1.28. The molecular formula is C20H21N3O4. The van der Waals surface area contributed by atoms with Gasteiger partial charge in [-0.15, -0.1) is 0 Å². The van der Waals surface area contributed by atoms with E-state index >= 15 is 0 Å². The molecule has 1 amide bonds. The molecule has 1 heterocycles. The fourth-order valence-electron chi connectivity index (χ4n) is 2.56. The van der Waals surface area contributed by atoms with Gasteiger partial charge in [-0.3, -0.25) is 4.79 Å². The average Bonchev–Trinajstić information content (AvgIpc) is 3.18. The molecule has 140 valence electrons. The number of nitrogens with one attached hydrogen (secondary N) is 1. The van der Waals surface area contributed by atoms with Crippen molar-refractivity contribution in [1.82, 2.24) is 15.5 Å². The van der Waals surface area contributed by atoms with Gasteiger partial charge < -0.3 is 19.3 Å². The second-order valence-corrected chi connectivity index (χ2v) is 5.98. The Labute approximate surface area is 157 Å². The van der Waals surface area contributed by atoms with Crippen LogP contribution in [0.3, 0.4) is 0 Å². The largest absolute Gasteiger partial charge is 0.493 e. The van der Waals surface area contributed by atoms with Crippen LogP contribution in [0.2, 0.25) is 0 Å². The molecule has 0 aliphatic rings. The lowest BCUT2D eigenvalue weighted by atomic mass is 10.1. The molecule has 0 saturated heterocycles. The zero-order chi connectivity index (χ0) is 19.2. The van der Waals surface area contributed by atoms with Crippen LogP contribution in [0.4, 0.5) is 0 Å². The van der Waals surface area contributed by atoms with Gasteiger partial charge in [0.2, 0.25) is 0 Å². The fraction of sp³-hybridized carbons (Fsp3) is 0.250. The number of benzene rings is 2. The van der Waals surface area contributed by atoms with Crippen LogP contribution in [0.15, 0.2) is 47.0 Å². The van der Waals surface area contributed by atoms with E-state index in [-0.39, 0.29) is 11.7 Å². The number of hydrogen-bond donors (Lipinski definition) is 1. The first-order valence-corrected chi connectivity index (χ1v) is 8.50. The molecule has 27 heavy (non-hydrogen) atoms. The summed E-state index contributed by atoms with van der Waals surface area (Å²) < 4.78 is 15.7. The number of aromatic nitrogens is 2. The van der Waals surface area contributed by atoms with Crippen molar-refractivity contribution < 1.29 is 18.8 Å². The van der Waals surface area contributed by atoms with Crippen LogP contribution in [-0.2, 0) is 6.42 Å². The molecule has 2 aromatic carbocycles. The van der Waals surface area contributed by atoms with Crippen LogP contribution >= 0.6 is 0 Å². The molecule has 0 fully saturated rings. The highest BCUT2D eigenvalue weighted by Crippen LogP contribution is 2.27. The van der Waals surface area contributed by atoms with E-state index in [0.29, 0.717) is 30.4 Å². The summed E-state index contributed by atoms with van der Waals surface area (Å²) in [6, 6.07) is 13.3. The Morgan fingerprint density at radius 1 is 1.07 bits per heavy atom. The highest BCUT2D eigenvalue weighted by molar-refractivity contribution is 5.90. The normalized spacial score (nSPS) is 10.5. The minimum atomic E-state index is -0.377. The maximum absolute atomic E-state index is 12.2. The highest BCUT2D eigenvalue weighted by Gasteiger charge is 2.15. The molecular weight excluding hydrogens is 346 g/mol. The third-order valence-corrected chi connectivity index (χ3v) is 4.07. The first kappa shape index (κ1) is 18.4. The van der Waals surface area contributed by atoms with Crippen molar-refractivity contribution in [1.29, 1.82) is 0 Å². The Balaban J connectivity index is 1.58. The topological polar surface area (TPSA) is 86.5 Å². The lowest BCUT2D eigenvalue weighted by Crippen LogP contribution is -2.26. The van der Waals surface area contributed by atoms with E-state index in [4.69, 9.17) is 14.0 Å². The van der Waals surface area contributed by atoms with E-state index in [1.54, 1.807) is 14.2 Å². The number of nitrogens with zero attached hydrogens (tertiary/aromatic N) is 2. The van der Waals surface area contributed by atoms with E-state index in [1.807, 2.05) is 49.4 Å². The molecule has 0 atom stereocenters. The van der Waals surface area contributed by atoms with Crippen LogP contribution in [0.5, 0.6) is 11.5 Å². The molecule has 7 nitrogen and oxygen atoms in total. The van der Waals surface area contributed by atoms with Crippen molar-refractivity contribution in [2.75, 3.05) is 20.8 Å². The number of carbonyl (C=O) groups is 1. The molecule has 0 saturated carbocycles. The van der Waals surface area contributed by atoms with Gasteiger partial charge in [-0.05, 0) is 43.2 Å². The van der Waals surface area contributed by atoms with Crippen molar-refractivity contribution in [2.24, 2.45) is 0 Å². The van der Waals surface area contributed by atoms with Gasteiger partial charge in [-0.2, -0.15) is 4.98 Å². The van der Waals surface area contributed by atoms with Crippen LogP contribution < -0.4 is 14.8 Å². The van der Waals surface area contributed by atoms with Gasteiger partial charge in [0.15, 0.2) is 11.5 Å². The summed E-state index contributed by atoms with van der Waals surface area (Å²) in [5.41, 5.74) is 2.92. The van der Waals surface area contributed by atoms with E-state index in [2.05, 4.69) is 15.5 Å². The van der Waals surface area contributed by atoms with Crippen LogP contribution in [0.1, 0.15) is 21.7 Å². The monoisotopic (exact) mass is 367 g/mol. The molecule has 0 aliphatic carbocycles. The number of hydrogen-bond acceptors (Lipinski definition) is 6. The van der Waals surface area contributed by atoms with Gasteiger partial charge in [-0.1, -0.05) is 28.9 Å². The second kappa shape index (κ2) is 8.35. The third kappa shape index (κ3) is 4.44. The van der Waals surface area contributed by atoms with Gasteiger partial charge >= 0.3 is 0 Å². The summed E-state index contributed by atoms with van der Waals surface area (Å²) in [7, 11) is 3.18. The maximum atomic E-state index is 12.2. The smallest absolute Gasteiger partial charge is 0.292 e. The molecule has 1 N–H and O–H groups in total. The first-order chi connectivity index (χ1) is 13.1. The summed E-state index contributed by atoms with van der Waals surface area (Å²) in [6.07, 6.45) is 0.634. The maximum Gasteiger partial charge on any atom is 0.292 e. The summed E-state index contributed by atoms with van der Waals surface area (Å²) in [6.45, 7) is 2.43. The molecule has 3 rings (SSSR count). The Morgan fingerprint density at radius 3 is 2.52 bits per heavy atom. The lowest BCUT2D eigenvalue weighted by molar-refractivity contribution is 0.0941. The third-order valence-electron chi connectivity index (χ3n) is 4.07. The quantitative estimate of drug-likeness (QED) is 0.691. The SMILES string of the molecule is COc1ccc(CCNC(=O)c2noc(-c3ccc(C)cc3)n2)cc1OC. The van der Waals surface area contributed by atoms with E-state index in [0.717, 1.165) is 16.7 Å².